The largest absolute Gasteiger partial charge is 0.465 e. The summed E-state index contributed by atoms with van der Waals surface area (Å²) in [7, 11) is -3.51. The molecule has 2 aromatic carbocycles. The highest BCUT2D eigenvalue weighted by Crippen LogP contribution is 2.40. The van der Waals surface area contributed by atoms with Crippen LogP contribution >= 0.6 is 0 Å². The number of hydrogen-bond acceptors (Lipinski definition) is 4. The highest BCUT2D eigenvalue weighted by atomic mass is 32.2. The van der Waals surface area contributed by atoms with Gasteiger partial charge in [-0.15, -0.1) is 0 Å². The van der Waals surface area contributed by atoms with Crippen molar-refractivity contribution in [2.75, 3.05) is 23.7 Å². The maximum absolute atomic E-state index is 12.8. The topological polar surface area (TPSA) is 63.7 Å². The van der Waals surface area contributed by atoms with Crippen molar-refractivity contribution in [3.63, 3.8) is 0 Å². The van der Waals surface area contributed by atoms with Crippen molar-refractivity contribution >= 4 is 21.7 Å². The van der Waals surface area contributed by atoms with Gasteiger partial charge in [-0.2, -0.15) is 0 Å². The zero-order chi connectivity index (χ0) is 24.4. The molecule has 1 aliphatic rings. The van der Waals surface area contributed by atoms with Crippen LogP contribution in [0.1, 0.15) is 61.8 Å². The molecular weight excluding hydrogens is 434 g/mol. The van der Waals surface area contributed by atoms with Crippen molar-refractivity contribution in [1.82, 2.24) is 0 Å². The minimum atomic E-state index is -3.51. The fourth-order valence-electron chi connectivity index (χ4n) is 3.85. The number of ether oxygens (including phenoxy) is 1. The Morgan fingerprint density at radius 3 is 2.21 bits per heavy atom. The first-order chi connectivity index (χ1) is 15.3. The smallest absolute Gasteiger partial charge is 0.311 e. The molecule has 5 nitrogen and oxygen atoms in total. The minimum Gasteiger partial charge on any atom is -0.465 e. The van der Waals surface area contributed by atoms with E-state index in [1.54, 1.807) is 0 Å². The van der Waals surface area contributed by atoms with Gasteiger partial charge in [-0.25, -0.2) is 8.42 Å². The second-order valence-electron chi connectivity index (χ2n) is 10.5. The Bertz CT molecular complexity index is 1080. The molecule has 0 amide bonds. The third-order valence-electron chi connectivity index (χ3n) is 6.21. The second-order valence-corrected chi connectivity index (χ2v) is 12.4. The fraction of sp³-hybridized carbons (Fsp3) is 0.519. The lowest BCUT2D eigenvalue weighted by Crippen LogP contribution is -2.38. The molecule has 0 aromatic heterocycles. The number of hydrogen-bond donors (Lipinski definition) is 0. The summed E-state index contributed by atoms with van der Waals surface area (Å²) in [5, 5.41) is 0. The summed E-state index contributed by atoms with van der Waals surface area (Å²) in [5.74, 6) is 0.142. The van der Waals surface area contributed by atoms with Gasteiger partial charge in [0.25, 0.3) is 0 Å². The Morgan fingerprint density at radius 2 is 1.70 bits per heavy atom. The summed E-state index contributed by atoms with van der Waals surface area (Å²) in [4.78, 5) is 12.4. The zero-order valence-corrected chi connectivity index (χ0v) is 21.5. The van der Waals surface area contributed by atoms with Crippen LogP contribution in [0.4, 0.5) is 5.69 Å². The van der Waals surface area contributed by atoms with Crippen molar-refractivity contribution < 1.29 is 17.9 Å². The van der Waals surface area contributed by atoms with Gasteiger partial charge in [-0.1, -0.05) is 30.3 Å². The molecular formula is C27H37NO4S. The molecule has 1 atom stereocenters. The predicted molar refractivity (Wildman–Crippen MR) is 134 cm³/mol. The molecule has 0 radical (unpaired) electrons. The molecule has 33 heavy (non-hydrogen) atoms. The lowest BCUT2D eigenvalue weighted by atomic mass is 9.95. The quantitative estimate of drug-likeness (QED) is 0.460. The highest BCUT2D eigenvalue weighted by molar-refractivity contribution is 7.92. The van der Waals surface area contributed by atoms with E-state index in [2.05, 4.69) is 32.0 Å². The molecule has 0 aliphatic heterocycles. The molecule has 0 heterocycles. The number of rotatable bonds is 9. The summed E-state index contributed by atoms with van der Waals surface area (Å²) in [6, 6.07) is 14.1. The Hall–Kier alpha value is -2.34. The maximum Gasteiger partial charge on any atom is 0.311 e. The maximum atomic E-state index is 12.8. The summed E-state index contributed by atoms with van der Waals surface area (Å²) in [6.07, 6.45) is 4.25. The van der Waals surface area contributed by atoms with Crippen LogP contribution in [0.5, 0.6) is 0 Å². The number of aryl methyl sites for hydroxylation is 2. The van der Waals surface area contributed by atoms with Crippen LogP contribution < -0.4 is 4.31 Å². The number of nitrogens with zero attached hydrogens (tertiary/aromatic N) is 1. The first-order valence-electron chi connectivity index (χ1n) is 11.7. The minimum absolute atomic E-state index is 0.162. The van der Waals surface area contributed by atoms with E-state index in [1.807, 2.05) is 45.0 Å². The van der Waals surface area contributed by atoms with Gasteiger partial charge in [0.05, 0.1) is 24.0 Å². The van der Waals surface area contributed by atoms with Gasteiger partial charge in [0.15, 0.2) is 0 Å². The molecule has 1 aliphatic carbocycles. The van der Waals surface area contributed by atoms with E-state index in [0.29, 0.717) is 18.0 Å². The van der Waals surface area contributed by atoms with Gasteiger partial charge in [0, 0.05) is 12.5 Å². The third kappa shape index (κ3) is 7.07. The van der Waals surface area contributed by atoms with Crippen LogP contribution in [0.2, 0.25) is 0 Å². The Kier molecular flexibility index (Phi) is 7.57. The predicted octanol–water partition coefficient (Wildman–Crippen LogP) is 5.40. The number of anilines is 1. The number of carbonyl (C=O) groups excluding carboxylic acids is 1. The van der Waals surface area contributed by atoms with Gasteiger partial charge in [0.2, 0.25) is 10.0 Å². The van der Waals surface area contributed by atoms with Crippen LogP contribution in [0.15, 0.2) is 42.5 Å². The first kappa shape index (κ1) is 25.3. The van der Waals surface area contributed by atoms with Crippen LogP contribution in [0.25, 0.3) is 0 Å². The van der Waals surface area contributed by atoms with E-state index in [0.717, 1.165) is 5.56 Å². The zero-order valence-electron chi connectivity index (χ0n) is 20.7. The van der Waals surface area contributed by atoms with Gasteiger partial charge in [-0.05, 0) is 94.2 Å². The van der Waals surface area contributed by atoms with Crippen LogP contribution in [-0.4, -0.2) is 33.8 Å². The van der Waals surface area contributed by atoms with E-state index < -0.39 is 15.4 Å². The van der Waals surface area contributed by atoms with E-state index in [1.165, 1.54) is 40.1 Å². The summed E-state index contributed by atoms with van der Waals surface area (Å²) >= 11 is 0. The van der Waals surface area contributed by atoms with Crippen LogP contribution in [-0.2, 0) is 26.0 Å². The first-order valence-corrected chi connectivity index (χ1v) is 13.5. The third-order valence-corrected chi connectivity index (χ3v) is 7.37. The number of carbonyl (C=O) groups is 1. The van der Waals surface area contributed by atoms with Crippen molar-refractivity contribution in [3.05, 3.63) is 64.7 Å². The van der Waals surface area contributed by atoms with Gasteiger partial charge in [0.1, 0.15) is 0 Å². The van der Waals surface area contributed by atoms with Crippen LogP contribution in [0.3, 0.4) is 0 Å². The van der Waals surface area contributed by atoms with Gasteiger partial charge < -0.3 is 4.74 Å². The van der Waals surface area contributed by atoms with Crippen LogP contribution in [0, 0.1) is 25.2 Å². The Labute approximate surface area is 199 Å². The molecule has 3 rings (SSSR count). The molecule has 2 aromatic rings. The highest BCUT2D eigenvalue weighted by Gasteiger charge is 2.28. The molecule has 0 saturated heterocycles. The van der Waals surface area contributed by atoms with Crippen molar-refractivity contribution in [1.29, 1.82) is 0 Å². The average molecular weight is 472 g/mol. The molecule has 1 fully saturated rings. The second kappa shape index (κ2) is 9.88. The van der Waals surface area contributed by atoms with E-state index in [-0.39, 0.29) is 25.0 Å². The lowest BCUT2D eigenvalue weighted by molar-refractivity contribution is -0.154. The monoisotopic (exact) mass is 471 g/mol. The van der Waals surface area contributed by atoms with Gasteiger partial charge >= 0.3 is 5.97 Å². The summed E-state index contributed by atoms with van der Waals surface area (Å²) in [6.45, 7) is 9.99. The molecule has 0 bridgehead atoms. The van der Waals surface area contributed by atoms with E-state index in [9.17, 15) is 13.2 Å². The van der Waals surface area contributed by atoms with Gasteiger partial charge in [-0.3, -0.25) is 9.10 Å². The molecule has 0 spiro atoms. The molecule has 1 unspecified atom stereocenters. The standard InChI is InChI=1S/C27H37NO4S/c1-19-7-8-21(15-20(19)2)16-22(18-32-26(29)27(3,4)5)17-28(33(6,30)31)25-13-11-24(12-14-25)23-9-10-23/h7-8,11-15,22-23H,9-10,16-18H2,1-6H3. The molecule has 6 heteroatoms. The lowest BCUT2D eigenvalue weighted by Gasteiger charge is -2.28. The number of esters is 1. The fourth-order valence-corrected chi connectivity index (χ4v) is 4.83. The molecule has 1 saturated carbocycles. The van der Waals surface area contributed by atoms with Crippen molar-refractivity contribution in [3.8, 4) is 0 Å². The normalized spacial score (nSPS) is 15.2. The van der Waals surface area contributed by atoms with E-state index >= 15 is 0 Å². The SMILES string of the molecule is Cc1ccc(CC(COC(=O)C(C)(C)C)CN(c2ccc(C3CC3)cc2)S(C)(=O)=O)cc1C. The summed E-state index contributed by atoms with van der Waals surface area (Å²) in [5.41, 5.74) is 4.80. The Balaban J connectivity index is 1.85. The number of sulfonamides is 1. The molecule has 0 N–H and O–H groups in total. The van der Waals surface area contributed by atoms with Crippen molar-refractivity contribution in [2.45, 2.75) is 59.8 Å². The van der Waals surface area contributed by atoms with Crippen molar-refractivity contribution in [2.24, 2.45) is 11.3 Å². The summed E-state index contributed by atoms with van der Waals surface area (Å²) < 4.78 is 32.6. The Morgan fingerprint density at radius 1 is 1.06 bits per heavy atom. The molecule has 180 valence electrons. The average Bonchev–Trinajstić information content (AvgIpc) is 3.56. The van der Waals surface area contributed by atoms with E-state index in [4.69, 9.17) is 4.74 Å². The number of benzene rings is 2.